The number of hydrogen-bond donors (Lipinski definition) is 3. The molecule has 1 aliphatic carbocycles. The number of nitrogens with zero attached hydrogens (tertiary/aromatic N) is 1. The average molecular weight is 441 g/mol. The third-order valence-electron chi connectivity index (χ3n) is 5.97. The molecule has 174 valence electrons. The number of benzene rings is 1. The minimum Gasteiger partial charge on any atom is -0.459 e. The number of amides is 1. The number of nitrogens with one attached hydrogen (secondary N) is 3. The zero-order chi connectivity index (χ0) is 22.7. The topological polar surface area (TPSA) is 87.9 Å². The predicted molar refractivity (Wildman–Crippen MR) is 128 cm³/mol. The number of aliphatic imine (C=N–C) groups is 1. The van der Waals surface area contributed by atoms with Gasteiger partial charge in [0.05, 0.1) is 12.8 Å². The molecule has 1 aliphatic rings. The van der Waals surface area contributed by atoms with Gasteiger partial charge in [0.2, 0.25) is 0 Å². The molecule has 32 heavy (non-hydrogen) atoms. The third kappa shape index (κ3) is 7.12. The minimum absolute atomic E-state index is 0.264. The van der Waals surface area contributed by atoms with Crippen LogP contribution in [-0.4, -0.2) is 38.2 Å². The largest absolute Gasteiger partial charge is 0.459 e. The van der Waals surface area contributed by atoms with Crippen molar-refractivity contribution in [2.45, 2.75) is 52.5 Å². The number of furan rings is 1. The third-order valence-corrected chi connectivity index (χ3v) is 5.97. The van der Waals surface area contributed by atoms with E-state index in [2.05, 4.69) is 22.9 Å². The van der Waals surface area contributed by atoms with E-state index in [1.165, 1.54) is 31.9 Å². The number of rotatable bonds is 11. The highest BCUT2D eigenvalue weighted by Gasteiger charge is 2.33. The molecular formula is C25H36N4O3. The summed E-state index contributed by atoms with van der Waals surface area (Å²) in [4.78, 5) is 17.0. The summed E-state index contributed by atoms with van der Waals surface area (Å²) >= 11 is 0. The first-order chi connectivity index (χ1) is 15.6. The highest BCUT2D eigenvalue weighted by atomic mass is 16.5. The first kappa shape index (κ1) is 23.9. The summed E-state index contributed by atoms with van der Waals surface area (Å²) in [6.07, 6.45) is 7.64. The number of carbonyl (C=O) groups is 1. The SMILES string of the molecule is CCNC(=NCc1cccc(NC(=O)c2ccco2)c1)NCC1(CCOCC)CCCC1. The molecule has 1 fully saturated rings. The number of guanidine groups is 1. The van der Waals surface area contributed by atoms with E-state index in [-0.39, 0.29) is 11.7 Å². The van der Waals surface area contributed by atoms with Gasteiger partial charge in [0.15, 0.2) is 11.7 Å². The molecule has 0 spiro atoms. The Kier molecular flexibility index (Phi) is 9.16. The van der Waals surface area contributed by atoms with Gasteiger partial charge < -0.3 is 25.1 Å². The molecule has 0 unspecified atom stereocenters. The van der Waals surface area contributed by atoms with E-state index in [0.717, 1.165) is 49.9 Å². The first-order valence-corrected chi connectivity index (χ1v) is 11.7. The Labute approximate surface area is 191 Å². The van der Waals surface area contributed by atoms with Crippen LogP contribution in [0.25, 0.3) is 0 Å². The molecular weight excluding hydrogens is 404 g/mol. The van der Waals surface area contributed by atoms with Crippen molar-refractivity contribution in [3.05, 3.63) is 54.0 Å². The van der Waals surface area contributed by atoms with E-state index >= 15 is 0 Å². The predicted octanol–water partition coefficient (Wildman–Crippen LogP) is 4.57. The molecule has 3 rings (SSSR count). The fourth-order valence-corrected chi connectivity index (χ4v) is 4.20. The Morgan fingerprint density at radius 1 is 1.16 bits per heavy atom. The van der Waals surface area contributed by atoms with Crippen molar-refractivity contribution in [2.75, 3.05) is 31.6 Å². The van der Waals surface area contributed by atoms with Crippen LogP contribution in [0.2, 0.25) is 0 Å². The Hall–Kier alpha value is -2.80. The van der Waals surface area contributed by atoms with Gasteiger partial charge in [0, 0.05) is 32.0 Å². The fourth-order valence-electron chi connectivity index (χ4n) is 4.20. The molecule has 2 aromatic rings. The van der Waals surface area contributed by atoms with Crippen molar-refractivity contribution >= 4 is 17.6 Å². The highest BCUT2D eigenvalue weighted by molar-refractivity contribution is 6.02. The molecule has 0 aliphatic heterocycles. The highest BCUT2D eigenvalue weighted by Crippen LogP contribution is 2.40. The number of anilines is 1. The van der Waals surface area contributed by atoms with Gasteiger partial charge in [-0.2, -0.15) is 0 Å². The van der Waals surface area contributed by atoms with Crippen LogP contribution in [0, 0.1) is 5.41 Å². The lowest BCUT2D eigenvalue weighted by atomic mass is 9.83. The molecule has 1 amide bonds. The second kappa shape index (κ2) is 12.3. The van der Waals surface area contributed by atoms with E-state index in [1.807, 2.05) is 31.2 Å². The van der Waals surface area contributed by atoms with E-state index in [4.69, 9.17) is 14.1 Å². The Morgan fingerprint density at radius 2 is 2.00 bits per heavy atom. The molecule has 1 heterocycles. The van der Waals surface area contributed by atoms with Crippen LogP contribution in [0.1, 0.15) is 62.1 Å². The molecule has 7 nitrogen and oxygen atoms in total. The van der Waals surface area contributed by atoms with E-state index in [0.29, 0.717) is 12.0 Å². The summed E-state index contributed by atoms with van der Waals surface area (Å²) in [5, 5.41) is 9.78. The molecule has 3 N–H and O–H groups in total. The summed E-state index contributed by atoms with van der Waals surface area (Å²) in [6.45, 7) is 7.94. The van der Waals surface area contributed by atoms with Gasteiger partial charge in [0.25, 0.3) is 5.91 Å². The Balaban J connectivity index is 1.59. The molecule has 0 radical (unpaired) electrons. The van der Waals surface area contributed by atoms with Gasteiger partial charge in [-0.25, -0.2) is 4.99 Å². The molecule has 0 atom stereocenters. The van der Waals surface area contributed by atoms with Crippen molar-refractivity contribution in [3.63, 3.8) is 0 Å². The molecule has 0 saturated heterocycles. The van der Waals surface area contributed by atoms with E-state index in [1.54, 1.807) is 12.1 Å². The van der Waals surface area contributed by atoms with Crippen molar-refractivity contribution in [3.8, 4) is 0 Å². The maximum Gasteiger partial charge on any atom is 0.291 e. The zero-order valence-corrected chi connectivity index (χ0v) is 19.3. The summed E-state index contributed by atoms with van der Waals surface area (Å²) in [7, 11) is 0. The lowest BCUT2D eigenvalue weighted by molar-refractivity contribution is 0.0996. The molecule has 0 bridgehead atoms. The normalized spacial score (nSPS) is 15.5. The lowest BCUT2D eigenvalue weighted by Crippen LogP contribution is -2.43. The van der Waals surface area contributed by atoms with Gasteiger partial charge in [-0.05, 0) is 68.4 Å². The van der Waals surface area contributed by atoms with Crippen LogP contribution in [0.3, 0.4) is 0 Å². The quantitative estimate of drug-likeness (QED) is 0.271. The summed E-state index contributed by atoms with van der Waals surface area (Å²) in [5.74, 6) is 0.844. The summed E-state index contributed by atoms with van der Waals surface area (Å²) in [5.41, 5.74) is 2.03. The van der Waals surface area contributed by atoms with Crippen LogP contribution in [-0.2, 0) is 11.3 Å². The van der Waals surface area contributed by atoms with E-state index in [9.17, 15) is 4.79 Å². The van der Waals surface area contributed by atoms with Gasteiger partial charge in [-0.1, -0.05) is 25.0 Å². The second-order valence-electron chi connectivity index (χ2n) is 8.33. The monoisotopic (exact) mass is 440 g/mol. The van der Waals surface area contributed by atoms with Gasteiger partial charge >= 0.3 is 0 Å². The molecule has 1 saturated carbocycles. The molecule has 7 heteroatoms. The first-order valence-electron chi connectivity index (χ1n) is 11.7. The maximum atomic E-state index is 12.2. The fraction of sp³-hybridized carbons (Fsp3) is 0.520. The Bertz CT molecular complexity index is 858. The van der Waals surface area contributed by atoms with Crippen molar-refractivity contribution in [1.82, 2.24) is 10.6 Å². The molecule has 1 aromatic carbocycles. The van der Waals surface area contributed by atoms with Crippen LogP contribution in [0.4, 0.5) is 5.69 Å². The Morgan fingerprint density at radius 3 is 2.72 bits per heavy atom. The van der Waals surface area contributed by atoms with Crippen LogP contribution in [0.15, 0.2) is 52.1 Å². The average Bonchev–Trinajstić information content (AvgIpc) is 3.49. The van der Waals surface area contributed by atoms with Crippen LogP contribution < -0.4 is 16.0 Å². The van der Waals surface area contributed by atoms with Crippen molar-refractivity contribution in [1.29, 1.82) is 0 Å². The smallest absolute Gasteiger partial charge is 0.291 e. The minimum atomic E-state index is -0.264. The van der Waals surface area contributed by atoms with Crippen LogP contribution in [0.5, 0.6) is 0 Å². The van der Waals surface area contributed by atoms with Crippen molar-refractivity contribution < 1.29 is 13.9 Å². The standard InChI is InChI=1S/C25H36N4O3/c1-3-26-24(28-19-25(12-5-6-13-25)14-16-31-4-2)27-18-20-9-7-10-21(17-20)29-23(30)22-11-8-15-32-22/h7-11,15,17H,3-6,12-14,16,18-19H2,1-2H3,(H,29,30)(H2,26,27,28). The zero-order valence-electron chi connectivity index (χ0n) is 19.3. The lowest BCUT2D eigenvalue weighted by Gasteiger charge is -2.30. The van der Waals surface area contributed by atoms with Crippen LogP contribution >= 0.6 is 0 Å². The van der Waals surface area contributed by atoms with Crippen molar-refractivity contribution in [2.24, 2.45) is 10.4 Å². The summed E-state index contributed by atoms with van der Waals surface area (Å²) < 4.78 is 10.8. The van der Waals surface area contributed by atoms with Gasteiger partial charge in [-0.15, -0.1) is 0 Å². The number of carbonyl (C=O) groups excluding carboxylic acids is 1. The maximum absolute atomic E-state index is 12.2. The second-order valence-corrected chi connectivity index (χ2v) is 8.33. The van der Waals surface area contributed by atoms with Gasteiger partial charge in [0.1, 0.15) is 0 Å². The summed E-state index contributed by atoms with van der Waals surface area (Å²) in [6, 6.07) is 11.1. The number of hydrogen-bond acceptors (Lipinski definition) is 4. The molecule has 1 aromatic heterocycles. The number of ether oxygens (including phenoxy) is 1. The van der Waals surface area contributed by atoms with E-state index < -0.39 is 0 Å². The van der Waals surface area contributed by atoms with Gasteiger partial charge in [-0.3, -0.25) is 4.79 Å².